The van der Waals surface area contributed by atoms with E-state index in [1.165, 1.54) is 17.2 Å². The third-order valence-electron chi connectivity index (χ3n) is 5.08. The molecule has 2 unspecified atom stereocenters. The predicted octanol–water partition coefficient (Wildman–Crippen LogP) is -3.27. The molecule has 30 heavy (non-hydrogen) atoms. The summed E-state index contributed by atoms with van der Waals surface area (Å²) in [5.74, 6) is -0.517. The highest BCUT2D eigenvalue weighted by atomic mass is 32.2. The van der Waals surface area contributed by atoms with Gasteiger partial charge in [0.05, 0.1) is 12.4 Å². The van der Waals surface area contributed by atoms with Crippen LogP contribution in [0.4, 0.5) is 5.82 Å². The van der Waals surface area contributed by atoms with Gasteiger partial charge in [0.2, 0.25) is 0 Å². The molecule has 5 atom stereocenters. The third-order valence-corrected chi connectivity index (χ3v) is 6.10. The number of rotatable bonds is 6. The zero-order chi connectivity index (χ0) is 21.5. The van der Waals surface area contributed by atoms with Gasteiger partial charge < -0.3 is 26.0 Å². The number of anilines is 1. The number of nitrogen functional groups attached to an aromatic ring is 1. The van der Waals surface area contributed by atoms with E-state index in [0.717, 1.165) is 6.42 Å². The second kappa shape index (κ2) is 8.01. The minimum Gasteiger partial charge on any atom is -0.387 e. The number of amides is 1. The van der Waals surface area contributed by atoms with E-state index < -0.39 is 46.7 Å². The third kappa shape index (κ3) is 3.94. The first kappa shape index (κ1) is 20.8. The van der Waals surface area contributed by atoms with E-state index >= 15 is 0 Å². The lowest BCUT2D eigenvalue weighted by atomic mass is 10.1. The fraction of sp³-hybridized carbons (Fsp3) is 0.600. The molecule has 0 bridgehead atoms. The Morgan fingerprint density at radius 2 is 2.13 bits per heavy atom. The van der Waals surface area contributed by atoms with Crippen LogP contribution >= 0.6 is 0 Å². The molecule has 0 aromatic carbocycles. The highest BCUT2D eigenvalue weighted by Gasteiger charge is 2.44. The zero-order valence-electron chi connectivity index (χ0n) is 15.7. The first-order valence-corrected chi connectivity index (χ1v) is 10.7. The lowest BCUT2D eigenvalue weighted by Gasteiger charge is -2.17. The summed E-state index contributed by atoms with van der Waals surface area (Å²) >= 11 is 0. The predicted molar refractivity (Wildman–Crippen MR) is 102 cm³/mol. The Kier molecular flexibility index (Phi) is 5.56. The summed E-state index contributed by atoms with van der Waals surface area (Å²) in [7, 11) is -4.18. The molecule has 0 radical (unpaired) electrons. The molecule has 14 nitrogen and oxygen atoms in total. The zero-order valence-corrected chi connectivity index (χ0v) is 16.5. The summed E-state index contributed by atoms with van der Waals surface area (Å²) in [5.41, 5.74) is 6.33. The molecule has 0 spiro atoms. The molecule has 0 saturated carbocycles. The largest absolute Gasteiger partial charge is 0.387 e. The lowest BCUT2D eigenvalue weighted by Crippen LogP contribution is -2.49. The number of aromatic nitrogens is 4. The van der Waals surface area contributed by atoms with Crippen LogP contribution in [0.3, 0.4) is 0 Å². The minimum absolute atomic E-state index is 0.142. The van der Waals surface area contributed by atoms with Gasteiger partial charge in [0.1, 0.15) is 30.2 Å². The topological polar surface area (TPSA) is 207 Å². The highest BCUT2D eigenvalue weighted by Crippen LogP contribution is 2.31. The number of aliphatic hydroxyl groups excluding tert-OH is 2. The van der Waals surface area contributed by atoms with Crippen LogP contribution in [0, 0.1) is 0 Å². The van der Waals surface area contributed by atoms with Gasteiger partial charge in [-0.1, -0.05) is 0 Å². The number of imidazole rings is 1. The monoisotopic (exact) mass is 442 g/mol. The van der Waals surface area contributed by atoms with E-state index in [9.17, 15) is 23.4 Å². The van der Waals surface area contributed by atoms with E-state index in [1.807, 2.05) is 4.72 Å². The Labute approximate surface area is 171 Å². The van der Waals surface area contributed by atoms with Gasteiger partial charge in [-0.3, -0.25) is 9.36 Å². The summed E-state index contributed by atoms with van der Waals surface area (Å²) in [5, 5.41) is 23.6. The lowest BCUT2D eigenvalue weighted by molar-refractivity contribution is -0.121. The van der Waals surface area contributed by atoms with Crippen molar-refractivity contribution < 1.29 is 28.2 Å². The van der Waals surface area contributed by atoms with Crippen molar-refractivity contribution >= 4 is 33.1 Å². The Hall–Kier alpha value is -2.43. The van der Waals surface area contributed by atoms with Crippen molar-refractivity contribution in [1.29, 1.82) is 0 Å². The van der Waals surface area contributed by atoms with Crippen LogP contribution in [-0.2, 0) is 19.7 Å². The molecule has 164 valence electrons. The quantitative estimate of drug-likeness (QED) is 0.261. The number of nitrogens with zero attached hydrogens (tertiary/aromatic N) is 4. The first-order chi connectivity index (χ1) is 14.3. The van der Waals surface area contributed by atoms with Crippen molar-refractivity contribution in [1.82, 2.24) is 34.3 Å². The standard InChI is InChI=1S/C15H22N8O6S/c16-12-9-13(19-5-18-12)23(6-20-9)15-11(25)10(24)8(29-15)4-21-30(27,28)22-14(26)7-2-1-3-17-7/h5-8,10-11,15,17,21,24-25H,1-4H2,(H,22,26)(H2,16,18,19)/t7-,8+,10?,11?,15+/m0/s1. The number of nitrogens with one attached hydrogen (secondary N) is 3. The fourth-order valence-electron chi connectivity index (χ4n) is 3.52. The Bertz CT molecular complexity index is 1040. The van der Waals surface area contributed by atoms with Crippen molar-refractivity contribution in [3.8, 4) is 0 Å². The Morgan fingerprint density at radius 1 is 1.33 bits per heavy atom. The van der Waals surface area contributed by atoms with Crippen molar-refractivity contribution in [2.45, 2.75) is 43.4 Å². The molecule has 7 N–H and O–H groups in total. The Balaban J connectivity index is 1.42. The summed E-state index contributed by atoms with van der Waals surface area (Å²) in [6, 6.07) is -0.565. The van der Waals surface area contributed by atoms with E-state index in [1.54, 1.807) is 0 Å². The molecule has 1 amide bonds. The number of nitrogens with two attached hydrogens (primary N) is 1. The van der Waals surface area contributed by atoms with E-state index in [-0.39, 0.29) is 18.0 Å². The van der Waals surface area contributed by atoms with Crippen LogP contribution in [0.1, 0.15) is 19.1 Å². The average molecular weight is 442 g/mol. The van der Waals surface area contributed by atoms with Gasteiger partial charge in [-0.05, 0) is 19.4 Å². The number of carbonyl (C=O) groups is 1. The normalized spacial score (nSPS) is 29.5. The summed E-state index contributed by atoms with van der Waals surface area (Å²) in [4.78, 5) is 24.0. The maximum Gasteiger partial charge on any atom is 0.301 e. The molecule has 2 aromatic heterocycles. The number of aliphatic hydroxyl groups is 2. The smallest absolute Gasteiger partial charge is 0.301 e. The maximum absolute atomic E-state index is 12.1. The molecular weight excluding hydrogens is 420 g/mol. The van der Waals surface area contributed by atoms with E-state index in [0.29, 0.717) is 18.5 Å². The van der Waals surface area contributed by atoms with Gasteiger partial charge in [-0.15, -0.1) is 0 Å². The fourth-order valence-corrected chi connectivity index (χ4v) is 4.39. The second-order valence-corrected chi connectivity index (χ2v) is 8.60. The van der Waals surface area contributed by atoms with Crippen LogP contribution in [0.15, 0.2) is 12.7 Å². The van der Waals surface area contributed by atoms with Crippen LogP contribution in [-0.4, -0.2) is 81.5 Å². The number of carbonyl (C=O) groups excluding carboxylic acids is 1. The van der Waals surface area contributed by atoms with E-state index in [2.05, 4.69) is 25.0 Å². The number of hydrogen-bond donors (Lipinski definition) is 6. The maximum atomic E-state index is 12.1. The van der Waals surface area contributed by atoms with Crippen LogP contribution in [0.2, 0.25) is 0 Å². The van der Waals surface area contributed by atoms with Gasteiger partial charge >= 0.3 is 10.2 Å². The molecule has 4 heterocycles. The highest BCUT2D eigenvalue weighted by molar-refractivity contribution is 7.88. The Morgan fingerprint density at radius 3 is 2.87 bits per heavy atom. The van der Waals surface area contributed by atoms with E-state index in [4.69, 9.17) is 10.5 Å². The molecule has 0 aliphatic carbocycles. The molecule has 2 aliphatic rings. The number of fused-ring (bicyclic) bond motifs is 1. The molecule has 4 rings (SSSR count). The molecule has 2 aromatic rings. The van der Waals surface area contributed by atoms with Crippen molar-refractivity contribution in [2.75, 3.05) is 18.8 Å². The number of ether oxygens (including phenoxy) is 1. The molecule has 2 saturated heterocycles. The van der Waals surface area contributed by atoms with Crippen molar-refractivity contribution in [3.63, 3.8) is 0 Å². The molecular formula is C15H22N8O6S. The minimum atomic E-state index is -4.18. The summed E-state index contributed by atoms with van der Waals surface area (Å²) < 4.78 is 35.4. The van der Waals surface area contributed by atoms with Crippen LogP contribution in [0.5, 0.6) is 0 Å². The second-order valence-electron chi connectivity index (χ2n) is 7.10. The van der Waals surface area contributed by atoms with Crippen molar-refractivity contribution in [2.24, 2.45) is 0 Å². The SMILES string of the molecule is Nc1ncnc2c1ncn2[C@@H]1O[C@H](CNS(=O)(=O)NC(=O)[C@@H]2CCCN2)C(O)C1O. The van der Waals surface area contributed by atoms with Gasteiger partial charge in [0.25, 0.3) is 5.91 Å². The van der Waals surface area contributed by atoms with Gasteiger partial charge in [-0.2, -0.15) is 13.1 Å². The molecule has 2 aliphatic heterocycles. The average Bonchev–Trinajstić information content (AvgIpc) is 3.42. The van der Waals surface area contributed by atoms with Crippen LogP contribution < -0.4 is 20.5 Å². The van der Waals surface area contributed by atoms with Crippen LogP contribution in [0.25, 0.3) is 11.2 Å². The first-order valence-electron chi connectivity index (χ1n) is 9.26. The van der Waals surface area contributed by atoms with Gasteiger partial charge in [-0.25, -0.2) is 19.7 Å². The summed E-state index contributed by atoms with van der Waals surface area (Å²) in [6.07, 6.45) is -1.06. The molecule has 15 heteroatoms. The van der Waals surface area contributed by atoms with Gasteiger partial charge in [0.15, 0.2) is 17.7 Å². The van der Waals surface area contributed by atoms with Gasteiger partial charge in [0, 0.05) is 6.54 Å². The van der Waals surface area contributed by atoms with Crippen molar-refractivity contribution in [3.05, 3.63) is 12.7 Å². The number of hydrogen-bond acceptors (Lipinski definition) is 11. The summed E-state index contributed by atoms with van der Waals surface area (Å²) in [6.45, 7) is 0.269. The molecule has 2 fully saturated rings.